The van der Waals surface area contributed by atoms with Crippen molar-refractivity contribution in [2.75, 3.05) is 0 Å². The van der Waals surface area contributed by atoms with Crippen molar-refractivity contribution >= 4 is 108 Å². The van der Waals surface area contributed by atoms with Crippen LogP contribution in [0.3, 0.4) is 0 Å². The number of rotatable bonds is 5. The van der Waals surface area contributed by atoms with Gasteiger partial charge in [0, 0.05) is 55.6 Å². The van der Waals surface area contributed by atoms with Crippen LogP contribution in [0.1, 0.15) is 139 Å². The lowest BCUT2D eigenvalue weighted by Gasteiger charge is -2.18. The highest BCUT2D eigenvalue weighted by Crippen LogP contribution is 2.49. The van der Waals surface area contributed by atoms with Crippen LogP contribution in [0.25, 0.3) is 163 Å². The maximum atomic E-state index is 3.61. The predicted octanol–water partition coefficient (Wildman–Crippen LogP) is 31.5. The van der Waals surface area contributed by atoms with Gasteiger partial charge in [0.1, 0.15) is 0 Å². The van der Waals surface area contributed by atoms with E-state index < -0.39 is 0 Å². The van der Waals surface area contributed by atoms with E-state index in [4.69, 9.17) is 0 Å². The first-order valence-corrected chi connectivity index (χ1v) is 46.1. The average Bonchev–Trinajstić information content (AvgIpc) is 0.755. The van der Waals surface area contributed by atoms with Gasteiger partial charge in [-0.3, -0.25) is 0 Å². The fourth-order valence-electron chi connectivity index (χ4n) is 22.1. The highest BCUT2D eigenvalue weighted by Gasteiger charge is 2.25. The lowest BCUT2D eigenvalue weighted by molar-refractivity contribution is 1.33. The first-order valence-electron chi connectivity index (χ1n) is 46.1. The Labute approximate surface area is 792 Å². The number of aryl methyl sites for hydroxylation is 15. The third-order valence-electron chi connectivity index (χ3n) is 27.1. The van der Waals surface area contributed by atoms with Gasteiger partial charge in [0.2, 0.25) is 0 Å². The minimum Gasteiger partial charge on any atom is -0.0604 e. The van der Waals surface area contributed by atoms with Gasteiger partial charge in [0.05, 0.1) is 0 Å². The van der Waals surface area contributed by atoms with E-state index in [9.17, 15) is 0 Å². The summed E-state index contributed by atoms with van der Waals surface area (Å²) in [6.45, 7) is 33.1. The zero-order valence-corrected chi connectivity index (χ0v) is 78.5. The fourth-order valence-corrected chi connectivity index (χ4v) is 22.1. The fraction of sp³-hybridized carbons (Fsp3) is 0.111. The van der Waals surface area contributed by atoms with Crippen LogP contribution in [-0.4, -0.2) is 0 Å². The Kier molecular flexibility index (Phi) is 21.6. The molecule has 0 atom stereocenters. The van der Waals surface area contributed by atoms with Crippen molar-refractivity contribution in [3.63, 3.8) is 0 Å². The van der Waals surface area contributed by atoms with Crippen LogP contribution in [0.5, 0.6) is 0 Å². The zero-order chi connectivity index (χ0) is 92.7. The summed E-state index contributed by atoms with van der Waals surface area (Å²) in [4.78, 5) is 0. The van der Waals surface area contributed by atoms with Gasteiger partial charge < -0.3 is 0 Å². The van der Waals surface area contributed by atoms with Crippen LogP contribution < -0.4 is 0 Å². The molecule has 0 N–H and O–H groups in total. The summed E-state index contributed by atoms with van der Waals surface area (Å²) in [7, 11) is 0. The second-order valence-electron chi connectivity index (χ2n) is 36.6. The molecule has 20 aromatic rings. The molecule has 135 heavy (non-hydrogen) atoms. The Morgan fingerprint density at radius 3 is 0.319 bits per heavy atom. The third-order valence-corrected chi connectivity index (χ3v) is 27.1. The molecule has 0 aliphatic heterocycles. The topological polar surface area (TPSA) is 0 Å². The molecule has 1 aliphatic rings. The van der Waals surface area contributed by atoms with Gasteiger partial charge in [-0.2, -0.15) is 0 Å². The Hall–Kier alpha value is -17.4. The van der Waals surface area contributed by atoms with Crippen molar-refractivity contribution in [3.8, 4) is 174 Å². The van der Waals surface area contributed by atoms with Gasteiger partial charge >= 0.3 is 0 Å². The minimum absolute atomic E-state index is 0.862. The quantitative estimate of drug-likeness (QED) is 0.119. The smallest absolute Gasteiger partial charge is 0.0334 e. The molecule has 0 heteroatoms. The predicted molar refractivity (Wildman–Crippen MR) is 574 cm³/mol. The number of hydrogen-bond donors (Lipinski definition) is 0. The maximum absolute atomic E-state index is 3.61. The average molecular weight is 1710 g/mol. The Morgan fingerprint density at radius 2 is 0.215 bits per heavy atom. The maximum Gasteiger partial charge on any atom is 0.0334 e. The molecular formula is C135H90. The van der Waals surface area contributed by atoms with Crippen LogP contribution >= 0.6 is 0 Å². The Balaban J connectivity index is 0.802. The summed E-state index contributed by atoms with van der Waals surface area (Å²) in [5.74, 6) is 70.1. The number of hydrogen-bond acceptors (Lipinski definition) is 0. The Bertz CT molecular complexity index is 7740. The first-order chi connectivity index (χ1) is 65.7. The molecule has 10 bridgehead atoms. The Morgan fingerprint density at radius 1 is 0.111 bits per heavy atom. The van der Waals surface area contributed by atoms with Gasteiger partial charge in [-0.1, -0.05) is 269 Å². The monoisotopic (exact) mass is 1710 g/mol. The molecule has 0 amide bonds. The van der Waals surface area contributed by atoms with Crippen molar-refractivity contribution in [1.82, 2.24) is 0 Å². The standard InChI is InChI=1S/C135H90/c1-81-66-86(6)126(87(7)67-81)131-106-56-26-46-96-36-16-18-38-98-48-28-58-108-118(98)77-120-100(50-30-60-110(120)132(108)127-88(8)68-82(2)69-89(127)9)40-20-22-42-102-52-32-62-112-122(102)79-124-104(54-34-64-114(124)134(112)129-92(12)72-84(4)73-93(129)13)44-24-25-45-105-55-35-65-115-125(105)80-123-103(53-33-63-113(123)135(115)130-94(14)74-85(5)75-95(130)15)43-23-21-41-101-51-31-61-111-121(101)78-119-99(39-19-17-37-97-47-27-57-107(131)117(97)76-116(96)106)49-29-59-109(119)133(111)128-90(10)70-83(3)71-91(128)11/h26-35,46-80H,1-15H3. The zero-order valence-electron chi connectivity index (χ0n) is 78.5. The molecule has 0 heterocycles. The molecule has 0 spiro atoms. The number of benzene rings is 20. The first kappa shape index (κ1) is 84.4. The van der Waals surface area contributed by atoms with Gasteiger partial charge in [-0.05, 0) is 473 Å². The van der Waals surface area contributed by atoms with E-state index in [1.165, 1.54) is 111 Å². The molecule has 1 aliphatic carbocycles. The summed E-state index contributed by atoms with van der Waals surface area (Å²) in [5, 5.41) is 21.1. The van der Waals surface area contributed by atoms with Crippen LogP contribution in [0.15, 0.2) is 273 Å². The molecule has 0 fully saturated rings. The molecule has 21 rings (SSSR count). The molecule has 20 aromatic carbocycles. The van der Waals surface area contributed by atoms with E-state index in [0.717, 1.165) is 191 Å². The van der Waals surface area contributed by atoms with Crippen molar-refractivity contribution in [2.24, 2.45) is 0 Å². The van der Waals surface area contributed by atoms with Crippen LogP contribution in [0.4, 0.5) is 0 Å². The second-order valence-corrected chi connectivity index (χ2v) is 36.6. The van der Waals surface area contributed by atoms with Crippen molar-refractivity contribution < 1.29 is 0 Å². The molecule has 0 saturated carbocycles. The molecule has 0 nitrogen and oxygen atoms in total. The van der Waals surface area contributed by atoms with E-state index in [1.807, 2.05) is 0 Å². The molecule has 630 valence electrons. The second kappa shape index (κ2) is 34.5. The molecule has 0 saturated heterocycles. The summed E-state index contributed by atoms with van der Waals surface area (Å²) in [6, 6.07) is 99.0. The summed E-state index contributed by atoms with van der Waals surface area (Å²) in [6.07, 6.45) is 0. The van der Waals surface area contributed by atoms with Gasteiger partial charge in [0.25, 0.3) is 0 Å². The summed E-state index contributed by atoms with van der Waals surface area (Å²) < 4.78 is 0. The van der Waals surface area contributed by atoms with E-state index in [0.29, 0.717) is 0 Å². The van der Waals surface area contributed by atoms with Crippen LogP contribution in [-0.2, 0) is 0 Å². The third kappa shape index (κ3) is 15.2. The van der Waals surface area contributed by atoms with Crippen LogP contribution in [0, 0.1) is 222 Å². The van der Waals surface area contributed by atoms with Crippen LogP contribution in [0.2, 0.25) is 0 Å². The molecule has 0 aromatic heterocycles. The van der Waals surface area contributed by atoms with Crippen molar-refractivity contribution in [3.05, 3.63) is 412 Å². The van der Waals surface area contributed by atoms with E-state index in [2.05, 4.69) is 495 Å². The SMILES string of the molecule is Cc1cc(C)c(-c2c3cccc4c3cc3c(cccc23)C#CC#Cc2cccc3c(-c5c(C)cc(C)cc5C)c5cccc(c5cc23)C#CC#Cc2cccc3c(-c5c(C)cc(C)cc5C)c5cccc(c5cc23)C#CC#Cc2cccc3c(-c5c(C)cc(C)cc5C)c5cccc(c5cc23)C#CC#Cc2cccc3c(-c5c(C)cc(C)cc5C)c5cccc(c5cc23)C#CC#C4)c(C)c1. The minimum atomic E-state index is 0.862. The molecule has 0 radical (unpaired) electrons. The van der Waals surface area contributed by atoms with E-state index in [1.54, 1.807) is 0 Å². The van der Waals surface area contributed by atoms with Gasteiger partial charge in [-0.15, -0.1) is 0 Å². The highest BCUT2D eigenvalue weighted by molar-refractivity contribution is 6.22. The van der Waals surface area contributed by atoms with E-state index >= 15 is 0 Å². The lowest BCUT2D eigenvalue weighted by Crippen LogP contribution is -1.95. The largest absolute Gasteiger partial charge is 0.0604 e. The lowest BCUT2D eigenvalue weighted by atomic mass is 9.85. The van der Waals surface area contributed by atoms with Gasteiger partial charge in [0.15, 0.2) is 0 Å². The molecular weight excluding hydrogens is 1620 g/mol. The van der Waals surface area contributed by atoms with Gasteiger partial charge in [-0.25, -0.2) is 0 Å². The molecule has 0 unspecified atom stereocenters. The van der Waals surface area contributed by atoms with Crippen molar-refractivity contribution in [2.45, 2.75) is 104 Å². The van der Waals surface area contributed by atoms with E-state index in [-0.39, 0.29) is 0 Å². The van der Waals surface area contributed by atoms with Crippen molar-refractivity contribution in [1.29, 1.82) is 0 Å². The summed E-state index contributed by atoms with van der Waals surface area (Å²) in [5.41, 5.74) is 38.3. The summed E-state index contributed by atoms with van der Waals surface area (Å²) >= 11 is 0. The highest BCUT2D eigenvalue weighted by atomic mass is 14.3. The normalized spacial score (nSPS) is 11.5.